The summed E-state index contributed by atoms with van der Waals surface area (Å²) < 4.78 is 35.6. The van der Waals surface area contributed by atoms with Crippen molar-refractivity contribution in [2.45, 2.75) is 12.7 Å². The Morgan fingerprint density at radius 1 is 1.39 bits per heavy atom. The molecule has 0 bridgehead atoms. The van der Waals surface area contributed by atoms with Crippen molar-refractivity contribution in [3.63, 3.8) is 0 Å². The number of rotatable bonds is 5. The molecule has 1 amide bonds. The van der Waals surface area contributed by atoms with Gasteiger partial charge >= 0.3 is 6.18 Å². The number of carbonyl (C=O) groups is 1. The molecule has 0 fully saturated rings. The molecule has 1 aromatic rings. The van der Waals surface area contributed by atoms with Crippen LogP contribution in [-0.2, 0) is 11.3 Å². The van der Waals surface area contributed by atoms with E-state index in [2.05, 4.69) is 10.3 Å². The van der Waals surface area contributed by atoms with E-state index in [-0.39, 0.29) is 6.54 Å². The van der Waals surface area contributed by atoms with Crippen molar-refractivity contribution in [2.24, 2.45) is 0 Å². The fraction of sp³-hybridized carbons (Fsp3) is 0.455. The zero-order valence-corrected chi connectivity index (χ0v) is 9.87. The molecule has 100 valence electrons. The van der Waals surface area contributed by atoms with E-state index in [0.29, 0.717) is 6.54 Å². The van der Waals surface area contributed by atoms with E-state index < -0.39 is 18.6 Å². The second-order valence-electron chi connectivity index (χ2n) is 3.82. The zero-order chi connectivity index (χ0) is 13.6. The van der Waals surface area contributed by atoms with Crippen LogP contribution in [-0.4, -0.2) is 42.1 Å². The van der Waals surface area contributed by atoms with E-state index in [9.17, 15) is 18.0 Å². The lowest BCUT2D eigenvalue weighted by molar-refractivity contribution is -0.133. The minimum Gasteiger partial charge on any atom is -0.340 e. The predicted octanol–water partition coefficient (Wildman–Crippen LogP) is 1.19. The van der Waals surface area contributed by atoms with Crippen LogP contribution in [0.3, 0.4) is 0 Å². The highest BCUT2D eigenvalue weighted by molar-refractivity contribution is 5.77. The van der Waals surface area contributed by atoms with Gasteiger partial charge in [-0.15, -0.1) is 0 Å². The van der Waals surface area contributed by atoms with Gasteiger partial charge in [-0.3, -0.25) is 9.78 Å². The second-order valence-corrected chi connectivity index (χ2v) is 3.82. The van der Waals surface area contributed by atoms with Crippen LogP contribution in [0.15, 0.2) is 24.5 Å². The standard InChI is InChI=1S/C11H14F3N3O/c1-17(7-9-2-4-15-5-3-9)10(18)6-16-8-11(12,13)14/h2-5,16H,6-8H2,1H3. The van der Waals surface area contributed by atoms with Gasteiger partial charge in [0.15, 0.2) is 0 Å². The molecule has 18 heavy (non-hydrogen) atoms. The summed E-state index contributed by atoms with van der Waals surface area (Å²) in [6.45, 7) is -1.15. The SMILES string of the molecule is CN(Cc1ccncc1)C(=O)CNCC(F)(F)F. The number of amides is 1. The van der Waals surface area contributed by atoms with Crippen LogP contribution in [0.25, 0.3) is 0 Å². The zero-order valence-electron chi connectivity index (χ0n) is 9.87. The van der Waals surface area contributed by atoms with E-state index >= 15 is 0 Å². The van der Waals surface area contributed by atoms with Gasteiger partial charge in [0.1, 0.15) is 0 Å². The fourth-order valence-electron chi connectivity index (χ4n) is 1.30. The average Bonchev–Trinajstić information content (AvgIpc) is 2.28. The van der Waals surface area contributed by atoms with E-state index in [4.69, 9.17) is 0 Å². The molecule has 0 radical (unpaired) electrons. The van der Waals surface area contributed by atoms with E-state index in [1.807, 2.05) is 0 Å². The van der Waals surface area contributed by atoms with Crippen molar-refractivity contribution in [1.29, 1.82) is 0 Å². The molecule has 1 N–H and O–H groups in total. The summed E-state index contributed by atoms with van der Waals surface area (Å²) in [6, 6.07) is 3.49. The molecule has 0 aromatic carbocycles. The third kappa shape index (κ3) is 5.62. The highest BCUT2D eigenvalue weighted by Gasteiger charge is 2.26. The van der Waals surface area contributed by atoms with Gasteiger partial charge < -0.3 is 10.2 Å². The molecule has 1 heterocycles. The number of hydrogen-bond acceptors (Lipinski definition) is 3. The van der Waals surface area contributed by atoms with Gasteiger partial charge in [-0.2, -0.15) is 13.2 Å². The van der Waals surface area contributed by atoms with Gasteiger partial charge in [0.05, 0.1) is 13.1 Å². The summed E-state index contributed by atoms with van der Waals surface area (Å²) >= 11 is 0. The number of hydrogen-bond donors (Lipinski definition) is 1. The quantitative estimate of drug-likeness (QED) is 0.866. The first-order valence-electron chi connectivity index (χ1n) is 5.29. The Morgan fingerprint density at radius 2 is 2.00 bits per heavy atom. The number of halogens is 3. The molecule has 0 aliphatic carbocycles. The second kappa shape index (κ2) is 6.34. The number of alkyl halides is 3. The van der Waals surface area contributed by atoms with Gasteiger partial charge in [-0.1, -0.05) is 0 Å². The summed E-state index contributed by atoms with van der Waals surface area (Å²) in [6.07, 6.45) is -1.12. The molecule has 1 rings (SSSR count). The van der Waals surface area contributed by atoms with Gasteiger partial charge in [-0.25, -0.2) is 0 Å². The van der Waals surface area contributed by atoms with E-state index in [1.54, 1.807) is 24.5 Å². The smallest absolute Gasteiger partial charge is 0.340 e. The van der Waals surface area contributed by atoms with Crippen LogP contribution in [0.2, 0.25) is 0 Å². The van der Waals surface area contributed by atoms with Crippen molar-refractivity contribution in [2.75, 3.05) is 20.1 Å². The Kier molecular flexibility index (Phi) is 5.08. The number of pyridine rings is 1. The van der Waals surface area contributed by atoms with Crippen LogP contribution < -0.4 is 5.32 Å². The molecular weight excluding hydrogens is 247 g/mol. The molecule has 4 nitrogen and oxygen atoms in total. The Bertz CT molecular complexity index is 381. The summed E-state index contributed by atoms with van der Waals surface area (Å²) in [5.74, 6) is -0.393. The molecule has 0 atom stereocenters. The highest BCUT2D eigenvalue weighted by atomic mass is 19.4. The van der Waals surface area contributed by atoms with Crippen LogP contribution >= 0.6 is 0 Å². The fourth-order valence-corrected chi connectivity index (χ4v) is 1.30. The first kappa shape index (κ1) is 14.4. The monoisotopic (exact) mass is 261 g/mol. The van der Waals surface area contributed by atoms with Crippen molar-refractivity contribution < 1.29 is 18.0 Å². The normalized spacial score (nSPS) is 11.3. The van der Waals surface area contributed by atoms with Crippen molar-refractivity contribution in [1.82, 2.24) is 15.2 Å². The molecule has 0 spiro atoms. The summed E-state index contributed by atoms with van der Waals surface area (Å²) in [4.78, 5) is 16.7. The maximum atomic E-state index is 11.9. The number of nitrogens with zero attached hydrogens (tertiary/aromatic N) is 2. The lowest BCUT2D eigenvalue weighted by Crippen LogP contribution is -2.38. The third-order valence-corrected chi connectivity index (χ3v) is 2.20. The molecule has 1 aromatic heterocycles. The Labute approximate surface area is 103 Å². The highest BCUT2D eigenvalue weighted by Crippen LogP contribution is 2.11. The van der Waals surface area contributed by atoms with Crippen LogP contribution in [0, 0.1) is 0 Å². The molecule has 0 unspecified atom stereocenters. The lowest BCUT2D eigenvalue weighted by atomic mass is 10.2. The van der Waals surface area contributed by atoms with Crippen LogP contribution in [0.1, 0.15) is 5.56 Å². The minimum absolute atomic E-state index is 0.332. The Balaban J connectivity index is 2.34. The average molecular weight is 261 g/mol. The predicted molar refractivity (Wildman–Crippen MR) is 59.6 cm³/mol. The maximum absolute atomic E-state index is 11.9. The molecular formula is C11H14F3N3O. The number of likely N-dealkylation sites (N-methyl/N-ethyl adjacent to an activating group) is 1. The van der Waals surface area contributed by atoms with Gasteiger partial charge in [0.25, 0.3) is 0 Å². The van der Waals surface area contributed by atoms with Crippen LogP contribution in [0.4, 0.5) is 13.2 Å². The topological polar surface area (TPSA) is 45.2 Å². The molecule has 7 heteroatoms. The molecule has 0 saturated heterocycles. The Hall–Kier alpha value is -1.63. The third-order valence-electron chi connectivity index (χ3n) is 2.20. The summed E-state index contributed by atoms with van der Waals surface area (Å²) in [5, 5.41) is 2.06. The first-order valence-corrected chi connectivity index (χ1v) is 5.29. The van der Waals surface area contributed by atoms with Gasteiger partial charge in [0.2, 0.25) is 5.91 Å². The summed E-state index contributed by atoms with van der Waals surface area (Å²) in [5.41, 5.74) is 0.872. The van der Waals surface area contributed by atoms with Crippen molar-refractivity contribution in [3.05, 3.63) is 30.1 Å². The number of carbonyl (C=O) groups excluding carboxylic acids is 1. The lowest BCUT2D eigenvalue weighted by Gasteiger charge is -2.17. The van der Waals surface area contributed by atoms with Crippen molar-refractivity contribution in [3.8, 4) is 0 Å². The largest absolute Gasteiger partial charge is 0.401 e. The first-order chi connectivity index (χ1) is 8.38. The Morgan fingerprint density at radius 3 is 2.56 bits per heavy atom. The van der Waals surface area contributed by atoms with Crippen LogP contribution in [0.5, 0.6) is 0 Å². The summed E-state index contributed by atoms with van der Waals surface area (Å²) in [7, 11) is 1.54. The van der Waals surface area contributed by atoms with Gasteiger partial charge in [0, 0.05) is 26.0 Å². The van der Waals surface area contributed by atoms with Gasteiger partial charge in [-0.05, 0) is 17.7 Å². The number of aromatic nitrogens is 1. The van der Waals surface area contributed by atoms with Crippen molar-refractivity contribution >= 4 is 5.91 Å². The molecule has 0 aliphatic rings. The van der Waals surface area contributed by atoms with E-state index in [0.717, 1.165) is 5.56 Å². The molecule has 0 aliphatic heterocycles. The minimum atomic E-state index is -4.30. The molecule has 0 saturated carbocycles. The maximum Gasteiger partial charge on any atom is 0.401 e. The van der Waals surface area contributed by atoms with E-state index in [1.165, 1.54) is 11.9 Å². The number of nitrogens with one attached hydrogen (secondary N) is 1.